The van der Waals surface area contributed by atoms with Crippen molar-refractivity contribution in [1.82, 2.24) is 5.32 Å². The number of carbonyl (C=O) groups excluding carboxylic acids is 1. The van der Waals surface area contributed by atoms with Crippen molar-refractivity contribution in [2.75, 3.05) is 6.61 Å². The van der Waals surface area contributed by atoms with E-state index in [1.807, 2.05) is 47.8 Å². The molecule has 0 bridgehead atoms. The molecular weight excluding hydrogens is 332 g/mol. The molecule has 0 saturated heterocycles. The molecule has 124 valence electrons. The monoisotopic (exact) mass is 348 g/mol. The first-order valence-electron chi connectivity index (χ1n) is 7.77. The summed E-state index contributed by atoms with van der Waals surface area (Å²) in [7, 11) is 0. The average Bonchev–Trinajstić information content (AvgIpc) is 3.20. The molecule has 0 unspecified atom stereocenters. The van der Waals surface area contributed by atoms with E-state index < -0.39 is 0 Å². The minimum Gasteiger partial charge on any atom is -0.482 e. The van der Waals surface area contributed by atoms with Crippen LogP contribution in [-0.4, -0.2) is 12.5 Å². The molecular formula is C20H16N2O2S. The summed E-state index contributed by atoms with van der Waals surface area (Å²) in [5.41, 5.74) is 1.42. The Morgan fingerprint density at radius 3 is 2.56 bits per heavy atom. The Hall–Kier alpha value is -3.10. The topological polar surface area (TPSA) is 62.1 Å². The number of ether oxygens (including phenoxy) is 1. The lowest BCUT2D eigenvalue weighted by atomic mass is 10.1. The molecule has 0 saturated carbocycles. The Morgan fingerprint density at radius 1 is 1.08 bits per heavy atom. The fraction of sp³-hybridized carbons (Fsp3) is 0.100. The molecule has 5 heteroatoms. The number of nitrogens with one attached hydrogen (secondary N) is 1. The van der Waals surface area contributed by atoms with Crippen LogP contribution in [0.4, 0.5) is 0 Å². The van der Waals surface area contributed by atoms with Crippen molar-refractivity contribution in [2.45, 2.75) is 6.04 Å². The van der Waals surface area contributed by atoms with E-state index in [1.165, 1.54) is 0 Å². The number of para-hydroxylation sites is 1. The summed E-state index contributed by atoms with van der Waals surface area (Å²) < 4.78 is 5.51. The van der Waals surface area contributed by atoms with Crippen LogP contribution in [0.3, 0.4) is 0 Å². The number of nitrogens with zero attached hydrogens (tertiary/aromatic N) is 1. The Labute approximate surface area is 150 Å². The van der Waals surface area contributed by atoms with E-state index in [9.17, 15) is 4.79 Å². The first-order chi connectivity index (χ1) is 12.3. The van der Waals surface area contributed by atoms with Crippen molar-refractivity contribution in [1.29, 1.82) is 5.26 Å². The minimum atomic E-state index is -0.241. The van der Waals surface area contributed by atoms with E-state index in [0.717, 1.165) is 10.4 Å². The lowest BCUT2D eigenvalue weighted by molar-refractivity contribution is -0.123. The van der Waals surface area contributed by atoms with Gasteiger partial charge in [0.15, 0.2) is 6.61 Å². The number of amides is 1. The van der Waals surface area contributed by atoms with E-state index in [1.54, 1.807) is 35.6 Å². The summed E-state index contributed by atoms with van der Waals surface area (Å²) in [6, 6.07) is 22.5. The Bertz CT molecular complexity index is 870. The number of hydrogen-bond acceptors (Lipinski definition) is 4. The minimum absolute atomic E-state index is 0.145. The van der Waals surface area contributed by atoms with E-state index in [4.69, 9.17) is 10.00 Å². The van der Waals surface area contributed by atoms with Gasteiger partial charge >= 0.3 is 0 Å². The molecule has 1 heterocycles. The second-order valence-corrected chi connectivity index (χ2v) is 6.30. The maximum absolute atomic E-state index is 12.4. The van der Waals surface area contributed by atoms with Crippen LogP contribution in [0.15, 0.2) is 72.1 Å². The number of carbonyl (C=O) groups is 1. The fourth-order valence-electron chi connectivity index (χ4n) is 2.45. The Morgan fingerprint density at radius 2 is 1.84 bits per heavy atom. The van der Waals surface area contributed by atoms with Crippen LogP contribution in [0.25, 0.3) is 0 Å². The second kappa shape index (κ2) is 8.13. The molecule has 0 aliphatic rings. The van der Waals surface area contributed by atoms with E-state index in [-0.39, 0.29) is 18.6 Å². The van der Waals surface area contributed by atoms with Crippen molar-refractivity contribution >= 4 is 17.2 Å². The van der Waals surface area contributed by atoms with Crippen LogP contribution in [0.5, 0.6) is 5.75 Å². The molecule has 25 heavy (non-hydrogen) atoms. The molecule has 1 aromatic heterocycles. The SMILES string of the molecule is N#Cc1ccccc1OCC(=O)N[C@H](c1ccccc1)c1cccs1. The highest BCUT2D eigenvalue weighted by atomic mass is 32.1. The third kappa shape index (κ3) is 4.25. The number of rotatable bonds is 6. The average molecular weight is 348 g/mol. The maximum atomic E-state index is 12.4. The number of hydrogen-bond donors (Lipinski definition) is 1. The highest BCUT2D eigenvalue weighted by molar-refractivity contribution is 7.10. The lowest BCUT2D eigenvalue weighted by Crippen LogP contribution is -2.33. The van der Waals surface area contributed by atoms with Gasteiger partial charge in [0, 0.05) is 4.88 Å². The summed E-state index contributed by atoms with van der Waals surface area (Å²) in [6.45, 7) is -0.145. The van der Waals surface area contributed by atoms with Gasteiger partial charge in [-0.15, -0.1) is 11.3 Å². The van der Waals surface area contributed by atoms with E-state index in [0.29, 0.717) is 11.3 Å². The fourth-order valence-corrected chi connectivity index (χ4v) is 3.25. The molecule has 1 amide bonds. The molecule has 0 spiro atoms. The van der Waals surface area contributed by atoms with Crippen LogP contribution >= 0.6 is 11.3 Å². The zero-order chi connectivity index (χ0) is 17.5. The highest BCUT2D eigenvalue weighted by Gasteiger charge is 2.18. The summed E-state index contributed by atoms with van der Waals surface area (Å²) in [4.78, 5) is 13.4. The quantitative estimate of drug-likeness (QED) is 0.735. The Kier molecular flexibility index (Phi) is 5.45. The normalized spacial score (nSPS) is 11.3. The maximum Gasteiger partial charge on any atom is 0.258 e. The van der Waals surface area contributed by atoms with Crippen LogP contribution in [0, 0.1) is 11.3 Å². The van der Waals surface area contributed by atoms with Gasteiger partial charge in [-0.25, -0.2) is 0 Å². The van der Waals surface area contributed by atoms with Crippen LogP contribution in [0.2, 0.25) is 0 Å². The van der Waals surface area contributed by atoms with Crippen LogP contribution in [0.1, 0.15) is 22.0 Å². The number of nitriles is 1. The molecule has 0 aliphatic heterocycles. The molecule has 4 nitrogen and oxygen atoms in total. The zero-order valence-corrected chi connectivity index (χ0v) is 14.2. The van der Waals surface area contributed by atoms with Crippen molar-refractivity contribution in [3.05, 3.63) is 88.1 Å². The van der Waals surface area contributed by atoms with Gasteiger partial charge in [0.1, 0.15) is 11.8 Å². The third-order valence-corrected chi connectivity index (χ3v) is 4.57. The number of thiophene rings is 1. The van der Waals surface area contributed by atoms with Gasteiger partial charge in [-0.1, -0.05) is 48.5 Å². The van der Waals surface area contributed by atoms with Crippen molar-refractivity contribution < 1.29 is 9.53 Å². The summed E-state index contributed by atoms with van der Waals surface area (Å²) in [5.74, 6) is 0.169. The molecule has 1 N–H and O–H groups in total. The van der Waals surface area contributed by atoms with Crippen molar-refractivity contribution in [3.8, 4) is 11.8 Å². The number of benzene rings is 2. The molecule has 2 aromatic carbocycles. The largest absolute Gasteiger partial charge is 0.482 e. The second-order valence-electron chi connectivity index (χ2n) is 5.32. The summed E-state index contributed by atoms with van der Waals surface area (Å²) in [6.07, 6.45) is 0. The predicted octanol–water partition coefficient (Wildman–Crippen LogP) is 3.90. The van der Waals surface area contributed by atoms with Crippen molar-refractivity contribution in [3.63, 3.8) is 0 Å². The van der Waals surface area contributed by atoms with Gasteiger partial charge < -0.3 is 10.1 Å². The smallest absolute Gasteiger partial charge is 0.258 e. The first kappa shape index (κ1) is 16.7. The lowest BCUT2D eigenvalue weighted by Gasteiger charge is -2.18. The molecule has 0 aliphatic carbocycles. The van der Waals surface area contributed by atoms with Gasteiger partial charge in [0.2, 0.25) is 0 Å². The molecule has 3 aromatic rings. The molecule has 0 radical (unpaired) electrons. The highest BCUT2D eigenvalue weighted by Crippen LogP contribution is 2.26. The van der Waals surface area contributed by atoms with Gasteiger partial charge in [0.25, 0.3) is 5.91 Å². The first-order valence-corrected chi connectivity index (χ1v) is 8.65. The van der Waals surface area contributed by atoms with Crippen LogP contribution < -0.4 is 10.1 Å². The summed E-state index contributed by atoms with van der Waals surface area (Å²) >= 11 is 1.59. The standard InChI is InChI=1S/C20H16N2O2S/c21-13-16-9-4-5-10-17(16)24-14-19(23)22-20(18-11-6-12-25-18)15-7-2-1-3-8-15/h1-12,20H,14H2,(H,22,23)/t20-/m1/s1. The molecule has 3 rings (SSSR count). The molecule has 0 fully saturated rings. The van der Waals surface area contributed by atoms with Gasteiger partial charge in [0.05, 0.1) is 11.6 Å². The van der Waals surface area contributed by atoms with Gasteiger partial charge in [-0.3, -0.25) is 4.79 Å². The summed E-state index contributed by atoms with van der Waals surface area (Å²) in [5, 5.41) is 14.1. The Balaban J connectivity index is 1.70. The van der Waals surface area contributed by atoms with E-state index in [2.05, 4.69) is 11.4 Å². The predicted molar refractivity (Wildman–Crippen MR) is 97.4 cm³/mol. The van der Waals surface area contributed by atoms with Crippen LogP contribution in [-0.2, 0) is 4.79 Å². The third-order valence-electron chi connectivity index (χ3n) is 3.63. The van der Waals surface area contributed by atoms with Crippen molar-refractivity contribution in [2.24, 2.45) is 0 Å². The molecule has 1 atom stereocenters. The zero-order valence-electron chi connectivity index (χ0n) is 13.4. The van der Waals surface area contributed by atoms with Gasteiger partial charge in [-0.2, -0.15) is 5.26 Å². The van der Waals surface area contributed by atoms with E-state index >= 15 is 0 Å². The van der Waals surface area contributed by atoms with Gasteiger partial charge in [-0.05, 0) is 29.1 Å².